The third-order valence-electron chi connectivity index (χ3n) is 9.05. The van der Waals surface area contributed by atoms with Crippen molar-refractivity contribution >= 4 is 21.9 Å². The maximum Gasteiger partial charge on any atom is 0.119 e. The van der Waals surface area contributed by atoms with Gasteiger partial charge in [-0.05, 0) is 114 Å². The van der Waals surface area contributed by atoms with Gasteiger partial charge in [-0.1, -0.05) is 121 Å². The molecule has 0 saturated heterocycles. The second-order valence-corrected chi connectivity index (χ2v) is 11.7. The van der Waals surface area contributed by atoms with Crippen LogP contribution in [-0.2, 0) is 0 Å². The lowest BCUT2D eigenvalue weighted by atomic mass is 9.86. The van der Waals surface area contributed by atoms with Crippen LogP contribution in [-0.4, -0.2) is 14.2 Å². The molecule has 0 amide bonds. The number of rotatable bonds is 6. The zero-order valence-electron chi connectivity index (χ0n) is 25.8. The molecule has 0 unspecified atom stereocenters. The number of ether oxygens (including phenoxy) is 2. The van der Waals surface area contributed by atoms with Crippen LogP contribution in [0.2, 0.25) is 0 Å². The van der Waals surface area contributed by atoms with Gasteiger partial charge in [0.2, 0.25) is 0 Å². The van der Waals surface area contributed by atoms with Gasteiger partial charge in [0.05, 0.1) is 14.2 Å². The fraction of sp³-hybridized carbons (Fsp3) is 0.0455. The summed E-state index contributed by atoms with van der Waals surface area (Å²) in [5.74, 6) is 1.71. The van der Waals surface area contributed by atoms with E-state index in [1.807, 2.05) is 24.3 Å². The molecule has 1 aliphatic rings. The predicted octanol–water partition coefficient (Wildman–Crippen LogP) is 11.2. The molecule has 2 nitrogen and oxygen atoms in total. The first-order chi connectivity index (χ1) is 22.7. The lowest BCUT2D eigenvalue weighted by Gasteiger charge is -2.17. The van der Waals surface area contributed by atoms with Gasteiger partial charge in [-0.15, -0.1) is 0 Å². The molecule has 0 N–H and O–H groups in total. The standard InChI is InChI=1S/C44H32O2/c1-45-37-13-7-11-33(25-37)29-17-21-31(22-18-29)43(32-23-19-30(20-24-32)34-12-8-14-38(26-34)46-2)44-40-16-6-5-15-39(40)41-27-35-9-3-4-10-36(35)28-42(41)44/h3-28H,1-2H3. The Labute approximate surface area is 269 Å². The van der Waals surface area contributed by atoms with E-state index in [0.717, 1.165) is 33.8 Å². The molecule has 0 fully saturated rings. The van der Waals surface area contributed by atoms with Crippen LogP contribution < -0.4 is 9.47 Å². The smallest absolute Gasteiger partial charge is 0.119 e. The molecule has 0 heterocycles. The summed E-state index contributed by atoms with van der Waals surface area (Å²) in [6, 6.07) is 56.6. The van der Waals surface area contributed by atoms with Crippen molar-refractivity contribution < 1.29 is 9.47 Å². The molecule has 7 aromatic carbocycles. The second kappa shape index (κ2) is 11.6. The molecular weight excluding hydrogens is 560 g/mol. The van der Waals surface area contributed by atoms with Gasteiger partial charge in [-0.25, -0.2) is 0 Å². The molecule has 7 aromatic rings. The molecule has 0 bridgehead atoms. The van der Waals surface area contributed by atoms with Crippen molar-refractivity contribution in [3.05, 3.63) is 180 Å². The Balaban J connectivity index is 1.35. The van der Waals surface area contributed by atoms with Gasteiger partial charge in [0, 0.05) is 0 Å². The van der Waals surface area contributed by atoms with E-state index in [9.17, 15) is 0 Å². The molecule has 46 heavy (non-hydrogen) atoms. The SMILES string of the molecule is COc1cccc(-c2ccc(C(=C3c4ccccc4-c4cc5ccccc5cc43)c3ccc(-c4cccc(OC)c4)cc3)cc2)c1. The largest absolute Gasteiger partial charge is 0.497 e. The summed E-state index contributed by atoms with van der Waals surface area (Å²) in [5, 5.41) is 2.50. The first-order valence-electron chi connectivity index (χ1n) is 15.6. The first kappa shape index (κ1) is 27.7. The summed E-state index contributed by atoms with van der Waals surface area (Å²) < 4.78 is 11.0. The van der Waals surface area contributed by atoms with Crippen LogP contribution in [0.25, 0.3) is 55.3 Å². The summed E-state index contributed by atoms with van der Waals surface area (Å²) in [6.07, 6.45) is 0. The van der Waals surface area contributed by atoms with Crippen LogP contribution in [0.1, 0.15) is 22.3 Å². The van der Waals surface area contributed by atoms with Crippen LogP contribution in [0, 0.1) is 0 Å². The third-order valence-corrected chi connectivity index (χ3v) is 9.05. The third kappa shape index (κ3) is 4.85. The van der Waals surface area contributed by atoms with E-state index in [1.165, 1.54) is 55.3 Å². The zero-order valence-corrected chi connectivity index (χ0v) is 25.8. The van der Waals surface area contributed by atoms with Crippen LogP contribution >= 0.6 is 0 Å². The summed E-state index contributed by atoms with van der Waals surface area (Å²) in [7, 11) is 3.42. The van der Waals surface area contributed by atoms with Crippen molar-refractivity contribution in [2.24, 2.45) is 0 Å². The Morgan fingerprint density at radius 2 is 0.848 bits per heavy atom. The van der Waals surface area contributed by atoms with E-state index in [-0.39, 0.29) is 0 Å². The Bertz CT molecular complexity index is 2160. The van der Waals surface area contributed by atoms with E-state index in [4.69, 9.17) is 9.47 Å². The average Bonchev–Trinajstić information content (AvgIpc) is 3.44. The lowest BCUT2D eigenvalue weighted by Crippen LogP contribution is -1.95. The molecular formula is C44H32O2. The molecule has 0 saturated carbocycles. The highest BCUT2D eigenvalue weighted by atomic mass is 16.5. The summed E-state index contributed by atoms with van der Waals surface area (Å²) >= 11 is 0. The lowest BCUT2D eigenvalue weighted by molar-refractivity contribution is 0.415. The van der Waals surface area contributed by atoms with Crippen molar-refractivity contribution in [1.29, 1.82) is 0 Å². The second-order valence-electron chi connectivity index (χ2n) is 11.7. The van der Waals surface area contributed by atoms with Gasteiger partial charge in [-0.2, -0.15) is 0 Å². The molecule has 0 aromatic heterocycles. The average molecular weight is 593 g/mol. The summed E-state index contributed by atoms with van der Waals surface area (Å²) in [4.78, 5) is 0. The van der Waals surface area contributed by atoms with E-state index in [1.54, 1.807) is 14.2 Å². The Kier molecular flexibility index (Phi) is 6.96. The van der Waals surface area contributed by atoms with Crippen LogP contribution in [0.5, 0.6) is 11.5 Å². The van der Waals surface area contributed by atoms with E-state index >= 15 is 0 Å². The number of hydrogen-bond donors (Lipinski definition) is 0. The topological polar surface area (TPSA) is 18.5 Å². The number of fused-ring (bicyclic) bond motifs is 4. The Morgan fingerprint density at radius 3 is 1.37 bits per heavy atom. The Morgan fingerprint density at radius 1 is 0.370 bits per heavy atom. The van der Waals surface area contributed by atoms with Gasteiger partial charge >= 0.3 is 0 Å². The van der Waals surface area contributed by atoms with Crippen molar-refractivity contribution in [3.63, 3.8) is 0 Å². The van der Waals surface area contributed by atoms with Gasteiger partial charge < -0.3 is 9.47 Å². The van der Waals surface area contributed by atoms with Gasteiger partial charge in [0.15, 0.2) is 0 Å². The highest BCUT2D eigenvalue weighted by molar-refractivity contribution is 6.15. The fourth-order valence-corrected chi connectivity index (χ4v) is 6.74. The first-order valence-corrected chi connectivity index (χ1v) is 15.6. The van der Waals surface area contributed by atoms with Crippen LogP contribution in [0.4, 0.5) is 0 Å². The highest BCUT2D eigenvalue weighted by Gasteiger charge is 2.28. The Hall–Kier alpha value is -5.86. The molecule has 220 valence electrons. The number of benzene rings is 7. The van der Waals surface area contributed by atoms with Crippen molar-refractivity contribution in [3.8, 4) is 44.9 Å². The summed E-state index contributed by atoms with van der Waals surface area (Å²) in [5.41, 5.74) is 14.5. The van der Waals surface area contributed by atoms with E-state index < -0.39 is 0 Å². The monoisotopic (exact) mass is 592 g/mol. The number of methoxy groups -OCH3 is 2. The minimum absolute atomic E-state index is 0.854. The molecule has 2 heteroatoms. The summed E-state index contributed by atoms with van der Waals surface area (Å²) in [6.45, 7) is 0. The van der Waals surface area contributed by atoms with Gasteiger partial charge in [0.1, 0.15) is 11.5 Å². The highest BCUT2D eigenvalue weighted by Crippen LogP contribution is 2.50. The van der Waals surface area contributed by atoms with Gasteiger partial charge in [-0.3, -0.25) is 0 Å². The van der Waals surface area contributed by atoms with E-state index in [0.29, 0.717) is 0 Å². The zero-order chi connectivity index (χ0) is 31.0. The molecule has 0 radical (unpaired) electrons. The fourth-order valence-electron chi connectivity index (χ4n) is 6.74. The van der Waals surface area contributed by atoms with Gasteiger partial charge in [0.25, 0.3) is 0 Å². The van der Waals surface area contributed by atoms with Crippen LogP contribution in [0.15, 0.2) is 158 Å². The van der Waals surface area contributed by atoms with E-state index in [2.05, 4.69) is 133 Å². The normalized spacial score (nSPS) is 11.7. The van der Waals surface area contributed by atoms with Crippen molar-refractivity contribution in [1.82, 2.24) is 0 Å². The molecule has 8 rings (SSSR count). The number of hydrogen-bond acceptors (Lipinski definition) is 2. The van der Waals surface area contributed by atoms with Crippen LogP contribution in [0.3, 0.4) is 0 Å². The maximum absolute atomic E-state index is 5.50. The van der Waals surface area contributed by atoms with Crippen molar-refractivity contribution in [2.75, 3.05) is 14.2 Å². The quantitative estimate of drug-likeness (QED) is 0.191. The molecule has 0 aliphatic heterocycles. The maximum atomic E-state index is 5.50. The predicted molar refractivity (Wildman–Crippen MR) is 191 cm³/mol. The minimum atomic E-state index is 0.854. The molecule has 1 aliphatic carbocycles. The molecule has 0 atom stereocenters. The van der Waals surface area contributed by atoms with Crippen molar-refractivity contribution in [2.45, 2.75) is 0 Å². The minimum Gasteiger partial charge on any atom is -0.497 e. The molecule has 0 spiro atoms.